The van der Waals surface area contributed by atoms with Gasteiger partial charge in [0.05, 0.1) is 0 Å². The first-order valence-corrected chi connectivity index (χ1v) is 9.15. The molecule has 0 spiro atoms. The highest BCUT2D eigenvalue weighted by molar-refractivity contribution is 5.71. The van der Waals surface area contributed by atoms with Crippen molar-refractivity contribution in [3.05, 3.63) is 0 Å². The molecule has 0 aliphatic rings. The van der Waals surface area contributed by atoms with E-state index in [9.17, 15) is 22.4 Å². The van der Waals surface area contributed by atoms with Crippen molar-refractivity contribution in [1.82, 2.24) is 0 Å². The van der Waals surface area contributed by atoms with Crippen molar-refractivity contribution in [3.8, 4) is 0 Å². The van der Waals surface area contributed by atoms with Gasteiger partial charge in [0.2, 0.25) is 0 Å². The van der Waals surface area contributed by atoms with Gasteiger partial charge in [-0.1, -0.05) is 90.4 Å². The lowest BCUT2D eigenvalue weighted by atomic mass is 10.00. The molecule has 1 atom stereocenters. The first-order chi connectivity index (χ1) is 10.9. The van der Waals surface area contributed by atoms with Crippen molar-refractivity contribution in [1.29, 1.82) is 0 Å². The molecule has 5 heteroatoms. The highest BCUT2D eigenvalue weighted by Crippen LogP contribution is 2.31. The van der Waals surface area contributed by atoms with E-state index in [-0.39, 0.29) is 6.42 Å². The molecule has 0 N–H and O–H groups in total. The molecule has 0 rings (SSSR count). The van der Waals surface area contributed by atoms with Crippen molar-refractivity contribution >= 4 is 6.04 Å². The van der Waals surface area contributed by atoms with Crippen LogP contribution in [0.4, 0.5) is 17.6 Å². The third kappa shape index (κ3) is 13.5. The summed E-state index contributed by atoms with van der Waals surface area (Å²) in [4.78, 5) is 10.4. The molecule has 0 heterocycles. The minimum absolute atomic E-state index is 0.261. The standard InChI is InChI=1S/C18H32F4O/c1-2-3-4-5-6-7-8-9-10-11-12-13-14-15-16(17(19)23)18(20,21)22/h16H,2-15H2,1H3. The summed E-state index contributed by atoms with van der Waals surface area (Å²) >= 11 is 0. The molecule has 0 aromatic carbocycles. The Kier molecular flexibility index (Phi) is 13.4. The van der Waals surface area contributed by atoms with E-state index in [1.165, 1.54) is 51.4 Å². The SMILES string of the molecule is CCCCCCCCCCCCCCCC(C(=O)F)C(F)(F)F. The molecular formula is C18H32F4O. The van der Waals surface area contributed by atoms with E-state index in [1.54, 1.807) is 0 Å². The number of hydrogen-bond acceptors (Lipinski definition) is 1. The van der Waals surface area contributed by atoms with Crippen molar-refractivity contribution in [3.63, 3.8) is 0 Å². The molecule has 23 heavy (non-hydrogen) atoms. The van der Waals surface area contributed by atoms with Gasteiger partial charge in [-0.2, -0.15) is 17.6 Å². The van der Waals surface area contributed by atoms with E-state index >= 15 is 0 Å². The van der Waals surface area contributed by atoms with Crippen LogP contribution in [0.3, 0.4) is 0 Å². The van der Waals surface area contributed by atoms with Crippen molar-refractivity contribution in [2.45, 2.75) is 103 Å². The second-order valence-electron chi connectivity index (χ2n) is 6.43. The zero-order valence-corrected chi connectivity index (χ0v) is 14.4. The minimum atomic E-state index is -4.75. The molecule has 0 saturated heterocycles. The van der Waals surface area contributed by atoms with Crippen LogP contribution >= 0.6 is 0 Å². The van der Waals surface area contributed by atoms with E-state index in [4.69, 9.17) is 0 Å². The molecule has 0 aromatic heterocycles. The van der Waals surface area contributed by atoms with Crippen molar-refractivity contribution in [2.75, 3.05) is 0 Å². The maximum atomic E-state index is 12.4. The van der Waals surface area contributed by atoms with Gasteiger partial charge in [0, 0.05) is 0 Å². The van der Waals surface area contributed by atoms with Gasteiger partial charge in [-0.3, -0.25) is 4.79 Å². The van der Waals surface area contributed by atoms with E-state index in [0.29, 0.717) is 6.42 Å². The summed E-state index contributed by atoms with van der Waals surface area (Å²) in [6, 6.07) is -2.25. The number of halogens is 4. The third-order valence-corrected chi connectivity index (χ3v) is 4.27. The lowest BCUT2D eigenvalue weighted by Gasteiger charge is -2.14. The monoisotopic (exact) mass is 340 g/mol. The summed E-state index contributed by atoms with van der Waals surface area (Å²) in [6.07, 6.45) is 8.95. The molecule has 0 radical (unpaired) electrons. The molecule has 0 fully saturated rings. The Morgan fingerprint density at radius 1 is 0.739 bits per heavy atom. The smallest absolute Gasteiger partial charge is 0.260 e. The fourth-order valence-corrected chi connectivity index (χ4v) is 2.77. The van der Waals surface area contributed by atoms with Crippen LogP contribution in [0.5, 0.6) is 0 Å². The van der Waals surface area contributed by atoms with Gasteiger partial charge in [0.15, 0.2) is 0 Å². The predicted molar refractivity (Wildman–Crippen MR) is 86.0 cm³/mol. The van der Waals surface area contributed by atoms with Crippen LogP contribution in [-0.4, -0.2) is 12.2 Å². The van der Waals surface area contributed by atoms with Gasteiger partial charge in [0.1, 0.15) is 5.92 Å². The van der Waals surface area contributed by atoms with E-state index in [1.807, 2.05) is 0 Å². The number of rotatable bonds is 15. The first-order valence-electron chi connectivity index (χ1n) is 9.15. The van der Waals surface area contributed by atoms with Gasteiger partial charge in [-0.05, 0) is 6.42 Å². The molecule has 1 nitrogen and oxygen atoms in total. The lowest BCUT2D eigenvalue weighted by Crippen LogP contribution is -2.28. The Bertz CT molecular complexity index is 289. The first kappa shape index (κ1) is 22.4. The highest BCUT2D eigenvalue weighted by Gasteiger charge is 2.44. The Labute approximate surface area is 138 Å². The summed E-state index contributed by atoms with van der Waals surface area (Å²) in [5.74, 6) is -2.42. The molecule has 0 bridgehead atoms. The van der Waals surface area contributed by atoms with Crippen LogP contribution in [-0.2, 0) is 4.79 Å². The largest absolute Gasteiger partial charge is 0.401 e. The predicted octanol–water partition coefficient (Wildman–Crippen LogP) is 7.14. The maximum Gasteiger partial charge on any atom is 0.401 e. The molecule has 0 saturated carbocycles. The van der Waals surface area contributed by atoms with E-state index in [0.717, 1.165) is 19.3 Å². The Balaban J connectivity index is 3.38. The topological polar surface area (TPSA) is 17.1 Å². The fraction of sp³-hybridized carbons (Fsp3) is 0.944. The van der Waals surface area contributed by atoms with Gasteiger partial charge >= 0.3 is 12.2 Å². The average molecular weight is 340 g/mol. The highest BCUT2D eigenvalue weighted by atomic mass is 19.4. The summed E-state index contributed by atoms with van der Waals surface area (Å²) < 4.78 is 49.4. The Morgan fingerprint density at radius 3 is 1.39 bits per heavy atom. The molecular weight excluding hydrogens is 308 g/mol. The quantitative estimate of drug-likeness (QED) is 0.176. The van der Waals surface area contributed by atoms with Crippen LogP contribution in [0.15, 0.2) is 0 Å². The van der Waals surface area contributed by atoms with Crippen molar-refractivity contribution in [2.24, 2.45) is 5.92 Å². The maximum absolute atomic E-state index is 12.4. The molecule has 0 aliphatic carbocycles. The molecule has 0 aromatic rings. The van der Waals surface area contributed by atoms with Crippen LogP contribution < -0.4 is 0 Å². The number of carbonyl (C=O) groups excluding carboxylic acids is 1. The van der Waals surface area contributed by atoms with Crippen LogP contribution in [0, 0.1) is 5.92 Å². The molecule has 138 valence electrons. The number of alkyl halides is 3. The van der Waals surface area contributed by atoms with Gasteiger partial charge in [-0.25, -0.2) is 0 Å². The molecule has 0 aliphatic heterocycles. The lowest BCUT2D eigenvalue weighted by molar-refractivity contribution is -0.189. The second-order valence-corrected chi connectivity index (χ2v) is 6.43. The second kappa shape index (κ2) is 13.8. The number of hydrogen-bond donors (Lipinski definition) is 0. The number of unbranched alkanes of at least 4 members (excludes halogenated alkanes) is 12. The number of carbonyl (C=O) groups is 1. The summed E-state index contributed by atoms with van der Waals surface area (Å²) in [6.45, 7) is 2.21. The van der Waals surface area contributed by atoms with Gasteiger partial charge in [-0.15, -0.1) is 0 Å². The van der Waals surface area contributed by atoms with E-state index < -0.39 is 24.6 Å². The Hall–Kier alpha value is -0.610. The van der Waals surface area contributed by atoms with Crippen LogP contribution in [0.2, 0.25) is 0 Å². The normalized spacial score (nSPS) is 13.3. The summed E-state index contributed by atoms with van der Waals surface area (Å²) in [5.41, 5.74) is 0. The average Bonchev–Trinajstić information content (AvgIpc) is 2.46. The van der Waals surface area contributed by atoms with Gasteiger partial charge in [0.25, 0.3) is 0 Å². The zero-order chi connectivity index (χ0) is 17.6. The van der Waals surface area contributed by atoms with Gasteiger partial charge < -0.3 is 0 Å². The third-order valence-electron chi connectivity index (χ3n) is 4.27. The molecule has 1 unspecified atom stereocenters. The Morgan fingerprint density at radius 2 is 1.09 bits per heavy atom. The van der Waals surface area contributed by atoms with E-state index in [2.05, 4.69) is 6.92 Å². The summed E-state index contributed by atoms with van der Waals surface area (Å²) in [7, 11) is 0. The fourth-order valence-electron chi connectivity index (χ4n) is 2.77. The minimum Gasteiger partial charge on any atom is -0.260 e. The van der Waals surface area contributed by atoms with Crippen LogP contribution in [0.25, 0.3) is 0 Å². The summed E-state index contributed by atoms with van der Waals surface area (Å²) in [5, 5.41) is 0. The molecule has 0 amide bonds. The zero-order valence-electron chi connectivity index (χ0n) is 14.4. The van der Waals surface area contributed by atoms with Crippen molar-refractivity contribution < 1.29 is 22.4 Å². The van der Waals surface area contributed by atoms with Crippen LogP contribution in [0.1, 0.15) is 96.8 Å².